The zero-order valence-corrected chi connectivity index (χ0v) is 22.1. The van der Waals surface area contributed by atoms with E-state index in [1.807, 2.05) is 24.3 Å². The molecule has 0 fully saturated rings. The molecule has 0 radical (unpaired) electrons. The Bertz CT molecular complexity index is 674. The van der Waals surface area contributed by atoms with E-state index in [1.165, 1.54) is 89.9 Å². The van der Waals surface area contributed by atoms with Gasteiger partial charge in [-0.05, 0) is 37.1 Å². The highest BCUT2D eigenvalue weighted by Gasteiger charge is 2.14. The minimum Gasteiger partial charge on any atom is -0.387 e. The first kappa shape index (κ1) is 28.7. The van der Waals surface area contributed by atoms with E-state index in [2.05, 4.69) is 23.8 Å². The molecule has 194 valence electrons. The van der Waals surface area contributed by atoms with E-state index in [1.54, 1.807) is 0 Å². The molecule has 2 heterocycles. The van der Waals surface area contributed by atoms with Crippen LogP contribution in [0.5, 0.6) is 0 Å². The summed E-state index contributed by atoms with van der Waals surface area (Å²) in [5, 5.41) is 21.1. The lowest BCUT2D eigenvalue weighted by Crippen LogP contribution is -1.99. The van der Waals surface area contributed by atoms with Crippen molar-refractivity contribution in [2.75, 3.05) is 0 Å². The van der Waals surface area contributed by atoms with E-state index >= 15 is 0 Å². The first-order valence-corrected chi connectivity index (χ1v) is 14.4. The van der Waals surface area contributed by atoms with Gasteiger partial charge in [0, 0.05) is 11.4 Å². The SMILES string of the molecule is CCCCCCCCCCC(O)c1ccc(-c2ccc(C(O)CCCCCCCCCC)[nH]2)[nH]1. The summed E-state index contributed by atoms with van der Waals surface area (Å²) >= 11 is 0. The van der Waals surface area contributed by atoms with Crippen LogP contribution in [0.3, 0.4) is 0 Å². The van der Waals surface area contributed by atoms with E-state index < -0.39 is 12.2 Å². The highest BCUT2D eigenvalue weighted by Crippen LogP contribution is 2.27. The van der Waals surface area contributed by atoms with Crippen molar-refractivity contribution in [2.24, 2.45) is 0 Å². The van der Waals surface area contributed by atoms with E-state index in [4.69, 9.17) is 0 Å². The molecule has 0 spiro atoms. The van der Waals surface area contributed by atoms with Gasteiger partial charge in [-0.25, -0.2) is 0 Å². The lowest BCUT2D eigenvalue weighted by molar-refractivity contribution is 0.159. The average Bonchev–Trinajstić information content (AvgIpc) is 3.52. The van der Waals surface area contributed by atoms with Crippen LogP contribution in [0.15, 0.2) is 24.3 Å². The van der Waals surface area contributed by atoms with Gasteiger partial charge in [-0.15, -0.1) is 0 Å². The zero-order valence-electron chi connectivity index (χ0n) is 22.1. The first-order chi connectivity index (χ1) is 16.7. The smallest absolute Gasteiger partial charge is 0.0937 e. The maximum Gasteiger partial charge on any atom is 0.0937 e. The van der Waals surface area contributed by atoms with Crippen LogP contribution in [0.25, 0.3) is 11.4 Å². The Morgan fingerprint density at radius 3 is 1.18 bits per heavy atom. The van der Waals surface area contributed by atoms with Gasteiger partial charge in [-0.1, -0.05) is 117 Å². The quantitative estimate of drug-likeness (QED) is 0.137. The number of aliphatic hydroxyl groups excluding tert-OH is 2. The van der Waals surface area contributed by atoms with Crippen molar-refractivity contribution in [1.29, 1.82) is 0 Å². The molecule has 0 saturated carbocycles. The second-order valence-corrected chi connectivity index (χ2v) is 10.2. The Balaban J connectivity index is 1.65. The Morgan fingerprint density at radius 2 is 0.824 bits per heavy atom. The predicted molar refractivity (Wildman–Crippen MR) is 145 cm³/mol. The second kappa shape index (κ2) is 17.8. The summed E-state index contributed by atoms with van der Waals surface area (Å²) in [6.45, 7) is 4.51. The maximum atomic E-state index is 10.6. The summed E-state index contributed by atoms with van der Waals surface area (Å²) < 4.78 is 0. The van der Waals surface area contributed by atoms with Gasteiger partial charge in [0.25, 0.3) is 0 Å². The average molecular weight is 473 g/mol. The third kappa shape index (κ3) is 11.3. The molecule has 0 amide bonds. The van der Waals surface area contributed by atoms with Crippen molar-refractivity contribution < 1.29 is 10.2 Å². The summed E-state index contributed by atoms with van der Waals surface area (Å²) in [6.07, 6.45) is 21.2. The first-order valence-electron chi connectivity index (χ1n) is 14.4. The number of aromatic nitrogens is 2. The fraction of sp³-hybridized carbons (Fsp3) is 0.733. The molecule has 0 aromatic carbocycles. The zero-order chi connectivity index (χ0) is 24.4. The number of hydrogen-bond acceptors (Lipinski definition) is 2. The Labute approximate surface area is 209 Å². The fourth-order valence-electron chi connectivity index (χ4n) is 4.78. The molecule has 0 bridgehead atoms. The van der Waals surface area contributed by atoms with Crippen molar-refractivity contribution in [2.45, 2.75) is 142 Å². The topological polar surface area (TPSA) is 72.0 Å². The summed E-state index contributed by atoms with van der Waals surface area (Å²) in [5.74, 6) is 0. The fourth-order valence-corrected chi connectivity index (χ4v) is 4.78. The molecule has 34 heavy (non-hydrogen) atoms. The van der Waals surface area contributed by atoms with Crippen molar-refractivity contribution >= 4 is 0 Å². The molecule has 4 heteroatoms. The van der Waals surface area contributed by atoms with Gasteiger partial charge in [0.2, 0.25) is 0 Å². The summed E-state index contributed by atoms with van der Waals surface area (Å²) in [4.78, 5) is 6.75. The number of nitrogens with one attached hydrogen (secondary N) is 2. The number of hydrogen-bond donors (Lipinski definition) is 4. The van der Waals surface area contributed by atoms with Crippen LogP contribution < -0.4 is 0 Å². The summed E-state index contributed by atoms with van der Waals surface area (Å²) in [7, 11) is 0. The largest absolute Gasteiger partial charge is 0.387 e. The minimum atomic E-state index is -0.434. The lowest BCUT2D eigenvalue weighted by atomic mass is 10.0. The van der Waals surface area contributed by atoms with Gasteiger partial charge in [0.15, 0.2) is 0 Å². The predicted octanol–water partition coefficient (Wildman–Crippen LogP) is 9.14. The molecule has 2 atom stereocenters. The van der Waals surface area contributed by atoms with E-state index in [0.29, 0.717) is 0 Å². The van der Waals surface area contributed by atoms with Gasteiger partial charge in [0.05, 0.1) is 23.6 Å². The number of rotatable bonds is 21. The van der Waals surface area contributed by atoms with Crippen molar-refractivity contribution in [3.8, 4) is 11.4 Å². The van der Waals surface area contributed by atoms with Gasteiger partial charge >= 0.3 is 0 Å². The van der Waals surface area contributed by atoms with Gasteiger partial charge in [0.1, 0.15) is 0 Å². The van der Waals surface area contributed by atoms with Crippen LogP contribution in [0.4, 0.5) is 0 Å². The third-order valence-corrected chi connectivity index (χ3v) is 7.09. The number of aliphatic hydroxyl groups is 2. The van der Waals surface area contributed by atoms with Crippen LogP contribution in [-0.2, 0) is 0 Å². The third-order valence-electron chi connectivity index (χ3n) is 7.09. The highest BCUT2D eigenvalue weighted by atomic mass is 16.3. The standard InChI is InChI=1S/C30H52N2O2/c1-3-5-7-9-11-13-15-17-19-29(33)27-23-21-25(31-27)26-22-24-28(32-26)30(34)20-18-16-14-12-10-8-6-4-2/h21-24,29-34H,3-20H2,1-2H3. The summed E-state index contributed by atoms with van der Waals surface area (Å²) in [6, 6.07) is 8.02. The molecule has 0 aliphatic carbocycles. The van der Waals surface area contributed by atoms with Gasteiger partial charge in [-0.3, -0.25) is 0 Å². The van der Waals surface area contributed by atoms with Crippen LogP contribution >= 0.6 is 0 Å². The van der Waals surface area contributed by atoms with Crippen LogP contribution in [0.1, 0.15) is 153 Å². The van der Waals surface area contributed by atoms with E-state index in [0.717, 1.165) is 48.5 Å². The molecule has 2 unspecified atom stereocenters. The molecule has 2 aromatic heterocycles. The normalized spacial score (nSPS) is 13.4. The number of aromatic amines is 2. The molecule has 4 nitrogen and oxygen atoms in total. The second-order valence-electron chi connectivity index (χ2n) is 10.2. The minimum absolute atomic E-state index is 0.434. The van der Waals surface area contributed by atoms with Gasteiger partial charge < -0.3 is 20.2 Å². The van der Waals surface area contributed by atoms with Gasteiger partial charge in [-0.2, -0.15) is 0 Å². The number of H-pyrrole nitrogens is 2. The molecule has 4 N–H and O–H groups in total. The maximum absolute atomic E-state index is 10.6. The monoisotopic (exact) mass is 472 g/mol. The van der Waals surface area contributed by atoms with E-state index in [9.17, 15) is 10.2 Å². The van der Waals surface area contributed by atoms with Crippen LogP contribution in [-0.4, -0.2) is 20.2 Å². The van der Waals surface area contributed by atoms with Crippen molar-refractivity contribution in [3.63, 3.8) is 0 Å². The molecule has 0 saturated heterocycles. The van der Waals surface area contributed by atoms with Crippen molar-refractivity contribution in [3.05, 3.63) is 35.7 Å². The van der Waals surface area contributed by atoms with Crippen LogP contribution in [0.2, 0.25) is 0 Å². The molecule has 2 rings (SSSR count). The van der Waals surface area contributed by atoms with Crippen LogP contribution in [0, 0.1) is 0 Å². The number of unbranched alkanes of at least 4 members (excludes halogenated alkanes) is 14. The Kier molecular flexibility index (Phi) is 15.1. The van der Waals surface area contributed by atoms with E-state index in [-0.39, 0.29) is 0 Å². The molecule has 2 aromatic rings. The summed E-state index contributed by atoms with van der Waals surface area (Å²) in [5.41, 5.74) is 3.70. The van der Waals surface area contributed by atoms with Crippen molar-refractivity contribution in [1.82, 2.24) is 9.97 Å². The molecule has 0 aliphatic heterocycles. The molecular formula is C30H52N2O2. The molecule has 0 aliphatic rings. The highest BCUT2D eigenvalue weighted by molar-refractivity contribution is 5.56. The Hall–Kier alpha value is -1.52. The molecular weight excluding hydrogens is 420 g/mol. The Morgan fingerprint density at radius 1 is 0.500 bits per heavy atom. The lowest BCUT2D eigenvalue weighted by Gasteiger charge is -2.09.